The quantitative estimate of drug-likeness (QED) is 0.328. The molecule has 2 aliphatic rings. The van der Waals surface area contributed by atoms with E-state index in [0.29, 0.717) is 11.6 Å². The molecule has 2 aromatic rings. The van der Waals surface area contributed by atoms with Crippen LogP contribution in [0.2, 0.25) is 0 Å². The molecule has 2 aliphatic heterocycles. The molecule has 184 valence electrons. The molecular formula is C29H35N3O2S. The Morgan fingerprint density at radius 1 is 1.11 bits per heavy atom. The molecule has 35 heavy (non-hydrogen) atoms. The van der Waals surface area contributed by atoms with Crippen molar-refractivity contribution in [3.05, 3.63) is 63.7 Å². The van der Waals surface area contributed by atoms with Gasteiger partial charge in [-0.05, 0) is 118 Å². The second-order valence-electron chi connectivity index (χ2n) is 10.5. The van der Waals surface area contributed by atoms with Gasteiger partial charge >= 0.3 is 0 Å². The van der Waals surface area contributed by atoms with Crippen LogP contribution in [0.1, 0.15) is 74.3 Å². The molecule has 0 saturated carbocycles. The number of hydrogen-bond acceptors (Lipinski definition) is 4. The first-order valence-corrected chi connectivity index (χ1v) is 12.8. The molecule has 0 spiro atoms. The van der Waals surface area contributed by atoms with Gasteiger partial charge in [-0.3, -0.25) is 19.8 Å². The third kappa shape index (κ3) is 4.40. The minimum atomic E-state index is -0.458. The number of anilines is 2. The van der Waals surface area contributed by atoms with Crippen LogP contribution in [-0.4, -0.2) is 29.0 Å². The van der Waals surface area contributed by atoms with Crippen LogP contribution in [-0.2, 0) is 9.59 Å². The number of aryl methyl sites for hydroxylation is 2. The fraction of sp³-hybridized carbons (Fsp3) is 0.414. The van der Waals surface area contributed by atoms with E-state index < -0.39 is 11.8 Å². The molecule has 4 rings (SSSR count). The van der Waals surface area contributed by atoms with Crippen LogP contribution in [0.3, 0.4) is 0 Å². The van der Waals surface area contributed by atoms with E-state index in [1.165, 1.54) is 16.2 Å². The first-order chi connectivity index (χ1) is 16.5. The van der Waals surface area contributed by atoms with Gasteiger partial charge in [0.05, 0.1) is 5.69 Å². The Hall–Kier alpha value is -2.99. The maximum Gasteiger partial charge on any atom is 0.270 e. The van der Waals surface area contributed by atoms with E-state index in [-0.39, 0.29) is 16.2 Å². The van der Waals surface area contributed by atoms with Gasteiger partial charge in [-0.25, -0.2) is 0 Å². The lowest BCUT2D eigenvalue weighted by Gasteiger charge is -2.48. The van der Waals surface area contributed by atoms with Crippen molar-refractivity contribution in [2.24, 2.45) is 0 Å². The van der Waals surface area contributed by atoms with E-state index in [4.69, 9.17) is 12.2 Å². The minimum Gasteiger partial charge on any atom is -0.366 e. The summed E-state index contributed by atoms with van der Waals surface area (Å²) in [5.41, 5.74) is 7.32. The molecule has 1 N–H and O–H groups in total. The third-order valence-corrected chi connectivity index (χ3v) is 7.72. The van der Waals surface area contributed by atoms with Gasteiger partial charge in [0.1, 0.15) is 5.57 Å². The van der Waals surface area contributed by atoms with Gasteiger partial charge in [-0.1, -0.05) is 26.0 Å². The van der Waals surface area contributed by atoms with Crippen LogP contribution < -0.4 is 15.1 Å². The highest BCUT2D eigenvalue weighted by molar-refractivity contribution is 7.80. The summed E-state index contributed by atoms with van der Waals surface area (Å²) in [5, 5.41) is 2.83. The first kappa shape index (κ1) is 25.1. The van der Waals surface area contributed by atoms with E-state index in [0.717, 1.165) is 41.6 Å². The molecular weight excluding hydrogens is 454 g/mol. The summed E-state index contributed by atoms with van der Waals surface area (Å²) in [6.07, 6.45) is 3.85. The summed E-state index contributed by atoms with van der Waals surface area (Å²) in [4.78, 5) is 30.5. The van der Waals surface area contributed by atoms with Crippen LogP contribution >= 0.6 is 12.2 Å². The van der Waals surface area contributed by atoms with Gasteiger partial charge in [-0.2, -0.15) is 0 Å². The normalized spacial score (nSPS) is 20.8. The Morgan fingerprint density at radius 3 is 2.51 bits per heavy atom. The molecule has 6 heteroatoms. The number of hydrogen-bond donors (Lipinski definition) is 1. The highest BCUT2D eigenvalue weighted by Gasteiger charge is 2.37. The van der Waals surface area contributed by atoms with Crippen molar-refractivity contribution in [2.45, 2.75) is 72.8 Å². The van der Waals surface area contributed by atoms with E-state index in [1.807, 2.05) is 39.0 Å². The number of carbonyl (C=O) groups excluding carboxylic acids is 2. The van der Waals surface area contributed by atoms with Gasteiger partial charge in [0.15, 0.2) is 5.11 Å². The largest absolute Gasteiger partial charge is 0.366 e. The topological polar surface area (TPSA) is 52.7 Å². The molecule has 1 unspecified atom stereocenters. The summed E-state index contributed by atoms with van der Waals surface area (Å²) >= 11 is 5.40. The van der Waals surface area contributed by atoms with Crippen LogP contribution in [0, 0.1) is 20.8 Å². The van der Waals surface area contributed by atoms with Crippen LogP contribution in [0.15, 0.2) is 35.9 Å². The Balaban J connectivity index is 1.79. The Bertz CT molecular complexity index is 1260. The Kier molecular flexibility index (Phi) is 6.62. The van der Waals surface area contributed by atoms with Crippen LogP contribution in [0.5, 0.6) is 0 Å². The molecule has 2 aromatic carbocycles. The number of nitrogens with one attached hydrogen (secondary N) is 1. The first-order valence-electron chi connectivity index (χ1n) is 12.4. The van der Waals surface area contributed by atoms with Gasteiger partial charge in [-0.15, -0.1) is 0 Å². The molecule has 0 aromatic heterocycles. The number of nitrogens with zero attached hydrogens (tertiary/aromatic N) is 2. The molecule has 1 fully saturated rings. The second kappa shape index (κ2) is 9.23. The minimum absolute atomic E-state index is 0.0793. The summed E-state index contributed by atoms with van der Waals surface area (Å²) in [6.45, 7) is 16.1. The predicted octanol–water partition coefficient (Wildman–Crippen LogP) is 5.95. The van der Waals surface area contributed by atoms with Crippen molar-refractivity contribution >= 4 is 46.6 Å². The average molecular weight is 490 g/mol. The maximum atomic E-state index is 13.6. The zero-order valence-electron chi connectivity index (χ0n) is 21.8. The number of fused-ring (bicyclic) bond motifs is 1. The third-order valence-electron chi connectivity index (χ3n) is 7.44. The number of thiocarbonyl (C=S) groups is 1. The SMILES string of the molecule is CCCN1c2cc(C)c(/C=C3/C(=O)NC(=S)N(c4cccc(C)c4C)C3=O)cc2C(C)CC1(C)C. The molecule has 0 radical (unpaired) electrons. The number of rotatable bonds is 4. The average Bonchev–Trinajstić information content (AvgIpc) is 2.77. The fourth-order valence-corrected chi connectivity index (χ4v) is 5.74. The van der Waals surface area contributed by atoms with E-state index in [1.54, 1.807) is 6.08 Å². The summed E-state index contributed by atoms with van der Waals surface area (Å²) < 4.78 is 0. The monoisotopic (exact) mass is 489 g/mol. The molecule has 2 amide bonds. The maximum absolute atomic E-state index is 13.6. The molecule has 2 heterocycles. The van der Waals surface area contributed by atoms with Gasteiger partial charge in [0, 0.05) is 17.8 Å². The van der Waals surface area contributed by atoms with Crippen molar-refractivity contribution in [1.29, 1.82) is 0 Å². The number of carbonyl (C=O) groups is 2. The zero-order chi connectivity index (χ0) is 25.7. The molecule has 1 atom stereocenters. The second-order valence-corrected chi connectivity index (χ2v) is 10.9. The van der Waals surface area contributed by atoms with E-state index in [9.17, 15) is 9.59 Å². The van der Waals surface area contributed by atoms with Gasteiger partial charge in [0.25, 0.3) is 11.8 Å². The summed E-state index contributed by atoms with van der Waals surface area (Å²) in [5.74, 6) is -0.479. The van der Waals surface area contributed by atoms with Crippen molar-refractivity contribution in [3.8, 4) is 0 Å². The Morgan fingerprint density at radius 2 is 1.83 bits per heavy atom. The highest BCUT2D eigenvalue weighted by atomic mass is 32.1. The summed E-state index contributed by atoms with van der Waals surface area (Å²) in [7, 11) is 0. The lowest BCUT2D eigenvalue weighted by molar-refractivity contribution is -0.122. The number of amides is 2. The van der Waals surface area contributed by atoms with Crippen LogP contribution in [0.25, 0.3) is 6.08 Å². The van der Waals surface area contributed by atoms with Crippen molar-refractivity contribution in [3.63, 3.8) is 0 Å². The molecule has 0 bridgehead atoms. The molecule has 0 aliphatic carbocycles. The van der Waals surface area contributed by atoms with Crippen molar-refractivity contribution < 1.29 is 9.59 Å². The van der Waals surface area contributed by atoms with Crippen LogP contribution in [0.4, 0.5) is 11.4 Å². The smallest absolute Gasteiger partial charge is 0.270 e. The molecule has 1 saturated heterocycles. The van der Waals surface area contributed by atoms with Crippen molar-refractivity contribution in [1.82, 2.24) is 5.32 Å². The molecule has 5 nitrogen and oxygen atoms in total. The fourth-order valence-electron chi connectivity index (χ4n) is 5.46. The number of benzene rings is 2. The van der Waals surface area contributed by atoms with E-state index >= 15 is 0 Å². The summed E-state index contributed by atoms with van der Waals surface area (Å²) in [6, 6.07) is 10.1. The highest BCUT2D eigenvalue weighted by Crippen LogP contribution is 2.44. The lowest BCUT2D eigenvalue weighted by atomic mass is 9.78. The van der Waals surface area contributed by atoms with Gasteiger partial charge in [0.2, 0.25) is 0 Å². The van der Waals surface area contributed by atoms with E-state index in [2.05, 4.69) is 50.0 Å². The standard InChI is InChI=1S/C29H35N3O2S/c1-8-12-31-25-13-18(3)21(14-22(25)19(4)16-29(31,6)7)15-23-26(33)30-28(35)32(27(23)34)24-11-9-10-17(2)20(24)5/h9-11,13-15,19H,8,12,16H2,1-7H3,(H,30,33,35)/b23-15-. The predicted molar refractivity (Wildman–Crippen MR) is 148 cm³/mol. The van der Waals surface area contributed by atoms with Gasteiger partial charge < -0.3 is 4.90 Å². The Labute approximate surface area is 214 Å². The zero-order valence-corrected chi connectivity index (χ0v) is 22.6. The lowest BCUT2D eigenvalue weighted by Crippen LogP contribution is -2.54. The van der Waals surface area contributed by atoms with Crippen molar-refractivity contribution in [2.75, 3.05) is 16.3 Å².